The summed E-state index contributed by atoms with van der Waals surface area (Å²) in [5.74, 6) is 1.56. The molecule has 0 spiro atoms. The Morgan fingerprint density at radius 2 is 2.24 bits per heavy atom. The summed E-state index contributed by atoms with van der Waals surface area (Å²) in [4.78, 5) is 18.4. The van der Waals surface area contributed by atoms with Crippen molar-refractivity contribution in [1.29, 1.82) is 0 Å². The number of furan rings is 1. The normalized spacial score (nSPS) is 12.6. The minimum absolute atomic E-state index is 0.188. The van der Waals surface area contributed by atoms with Gasteiger partial charge in [-0.05, 0) is 32.6 Å². The SMILES string of the molecule is CCC(NC(=O)c1ccc(CN(C)C)o1)c1ncnn1C. The number of amides is 1. The zero-order valence-electron chi connectivity index (χ0n) is 12.8. The average molecular weight is 291 g/mol. The van der Waals surface area contributed by atoms with Crippen molar-refractivity contribution in [3.63, 3.8) is 0 Å². The minimum Gasteiger partial charge on any atom is -0.455 e. The number of rotatable bonds is 6. The zero-order valence-corrected chi connectivity index (χ0v) is 12.8. The second-order valence-electron chi connectivity index (χ2n) is 5.18. The van der Waals surface area contributed by atoms with E-state index >= 15 is 0 Å². The van der Waals surface area contributed by atoms with E-state index in [-0.39, 0.29) is 11.9 Å². The fourth-order valence-corrected chi connectivity index (χ4v) is 2.10. The molecule has 7 heteroatoms. The summed E-state index contributed by atoms with van der Waals surface area (Å²) in [6.07, 6.45) is 2.20. The smallest absolute Gasteiger partial charge is 0.287 e. The molecule has 0 aliphatic rings. The van der Waals surface area contributed by atoms with Crippen LogP contribution in [0.5, 0.6) is 0 Å². The quantitative estimate of drug-likeness (QED) is 0.869. The van der Waals surface area contributed by atoms with E-state index in [0.717, 1.165) is 18.0 Å². The van der Waals surface area contributed by atoms with Crippen molar-refractivity contribution in [1.82, 2.24) is 25.0 Å². The lowest BCUT2D eigenvalue weighted by atomic mass is 10.2. The molecule has 1 N–H and O–H groups in total. The second kappa shape index (κ2) is 6.53. The lowest BCUT2D eigenvalue weighted by Crippen LogP contribution is -2.29. The standard InChI is InChI=1S/C14H21N5O2/c1-5-11(13-15-9-16-19(13)4)17-14(20)12-7-6-10(21-12)8-18(2)3/h6-7,9,11H,5,8H2,1-4H3,(H,17,20). The molecule has 114 valence electrons. The van der Waals surface area contributed by atoms with Crippen molar-refractivity contribution >= 4 is 5.91 Å². The van der Waals surface area contributed by atoms with Crippen molar-refractivity contribution in [2.45, 2.75) is 25.9 Å². The Hall–Kier alpha value is -2.15. The van der Waals surface area contributed by atoms with Crippen LogP contribution in [-0.2, 0) is 13.6 Å². The number of carbonyl (C=O) groups excluding carboxylic acids is 1. The molecule has 1 unspecified atom stereocenters. The topological polar surface area (TPSA) is 76.2 Å². The van der Waals surface area contributed by atoms with Crippen molar-refractivity contribution in [3.05, 3.63) is 35.8 Å². The van der Waals surface area contributed by atoms with Gasteiger partial charge >= 0.3 is 0 Å². The molecule has 0 bridgehead atoms. The first-order valence-corrected chi connectivity index (χ1v) is 6.89. The van der Waals surface area contributed by atoms with E-state index in [1.54, 1.807) is 17.8 Å². The molecule has 0 fully saturated rings. The number of aromatic nitrogens is 3. The molecule has 0 saturated carbocycles. The van der Waals surface area contributed by atoms with Crippen molar-refractivity contribution in [2.24, 2.45) is 7.05 Å². The third kappa shape index (κ3) is 3.69. The first-order chi connectivity index (χ1) is 10.0. The van der Waals surface area contributed by atoms with Crippen LogP contribution < -0.4 is 5.32 Å². The Morgan fingerprint density at radius 1 is 1.48 bits per heavy atom. The Kier molecular flexibility index (Phi) is 4.74. The molecule has 0 aliphatic heterocycles. The van der Waals surface area contributed by atoms with Crippen molar-refractivity contribution in [2.75, 3.05) is 14.1 Å². The lowest BCUT2D eigenvalue weighted by molar-refractivity contribution is 0.0901. The number of nitrogens with zero attached hydrogens (tertiary/aromatic N) is 4. The average Bonchev–Trinajstić information content (AvgIpc) is 3.04. The minimum atomic E-state index is -0.241. The molecule has 0 aromatic carbocycles. The fraction of sp³-hybridized carbons (Fsp3) is 0.500. The summed E-state index contributed by atoms with van der Waals surface area (Å²) in [5.41, 5.74) is 0. The van der Waals surface area contributed by atoms with Gasteiger partial charge in [0.15, 0.2) is 5.76 Å². The van der Waals surface area contributed by atoms with E-state index in [9.17, 15) is 4.79 Å². The first kappa shape index (κ1) is 15.2. The highest BCUT2D eigenvalue weighted by Gasteiger charge is 2.20. The molecular formula is C14H21N5O2. The van der Waals surface area contributed by atoms with Crippen LogP contribution in [0.15, 0.2) is 22.9 Å². The van der Waals surface area contributed by atoms with Gasteiger partial charge in [-0.25, -0.2) is 4.98 Å². The molecule has 0 saturated heterocycles. The molecule has 0 radical (unpaired) electrons. The molecule has 1 atom stereocenters. The second-order valence-corrected chi connectivity index (χ2v) is 5.18. The van der Waals surface area contributed by atoms with Gasteiger partial charge in [-0.15, -0.1) is 0 Å². The van der Waals surface area contributed by atoms with Crippen LogP contribution in [0.1, 0.15) is 41.5 Å². The van der Waals surface area contributed by atoms with Gasteiger partial charge in [0.2, 0.25) is 0 Å². The number of hydrogen-bond acceptors (Lipinski definition) is 5. The maximum absolute atomic E-state index is 12.2. The third-order valence-electron chi connectivity index (χ3n) is 3.13. The van der Waals surface area contributed by atoms with E-state index < -0.39 is 0 Å². The van der Waals surface area contributed by atoms with Gasteiger partial charge in [0.25, 0.3) is 5.91 Å². The molecule has 2 rings (SSSR count). The summed E-state index contributed by atoms with van der Waals surface area (Å²) < 4.78 is 7.21. The Bertz CT molecular complexity index is 602. The van der Waals surface area contributed by atoms with Gasteiger partial charge in [0.1, 0.15) is 17.9 Å². The van der Waals surface area contributed by atoms with Gasteiger partial charge in [-0.2, -0.15) is 5.10 Å². The largest absolute Gasteiger partial charge is 0.455 e. The zero-order chi connectivity index (χ0) is 15.4. The lowest BCUT2D eigenvalue weighted by Gasteiger charge is -2.15. The van der Waals surface area contributed by atoms with Crippen LogP contribution >= 0.6 is 0 Å². The summed E-state index contributed by atoms with van der Waals surface area (Å²) >= 11 is 0. The predicted molar refractivity (Wildman–Crippen MR) is 77.6 cm³/mol. The van der Waals surface area contributed by atoms with Crippen LogP contribution in [0.2, 0.25) is 0 Å². The van der Waals surface area contributed by atoms with Gasteiger partial charge in [-0.1, -0.05) is 6.92 Å². The van der Waals surface area contributed by atoms with E-state index in [0.29, 0.717) is 12.3 Å². The fourth-order valence-electron chi connectivity index (χ4n) is 2.10. The molecule has 7 nitrogen and oxygen atoms in total. The number of hydrogen-bond donors (Lipinski definition) is 1. The van der Waals surface area contributed by atoms with Crippen LogP contribution in [0, 0.1) is 0 Å². The molecular weight excluding hydrogens is 270 g/mol. The van der Waals surface area contributed by atoms with Gasteiger partial charge in [-0.3, -0.25) is 9.48 Å². The molecule has 2 aromatic rings. The molecule has 21 heavy (non-hydrogen) atoms. The van der Waals surface area contributed by atoms with E-state index in [1.807, 2.05) is 32.0 Å². The highest BCUT2D eigenvalue weighted by molar-refractivity contribution is 5.91. The molecule has 0 aliphatic carbocycles. The van der Waals surface area contributed by atoms with E-state index in [1.165, 1.54) is 6.33 Å². The van der Waals surface area contributed by atoms with Crippen molar-refractivity contribution in [3.8, 4) is 0 Å². The summed E-state index contributed by atoms with van der Waals surface area (Å²) in [7, 11) is 5.70. The van der Waals surface area contributed by atoms with Gasteiger partial charge in [0, 0.05) is 7.05 Å². The molecule has 2 aromatic heterocycles. The maximum Gasteiger partial charge on any atom is 0.287 e. The number of carbonyl (C=O) groups is 1. The van der Waals surface area contributed by atoms with Crippen LogP contribution in [-0.4, -0.2) is 39.7 Å². The molecule has 1 amide bonds. The summed E-state index contributed by atoms with van der Waals surface area (Å²) in [5, 5.41) is 6.95. The highest BCUT2D eigenvalue weighted by Crippen LogP contribution is 2.15. The Labute approximate surface area is 124 Å². The van der Waals surface area contributed by atoms with E-state index in [4.69, 9.17) is 4.42 Å². The Morgan fingerprint density at radius 3 is 2.81 bits per heavy atom. The number of nitrogens with one attached hydrogen (secondary N) is 1. The van der Waals surface area contributed by atoms with Gasteiger partial charge in [0.05, 0.1) is 12.6 Å². The maximum atomic E-state index is 12.2. The Balaban J connectivity index is 2.06. The predicted octanol–water partition coefficient (Wildman–Crippen LogP) is 1.35. The van der Waals surface area contributed by atoms with Crippen LogP contribution in [0.3, 0.4) is 0 Å². The van der Waals surface area contributed by atoms with Crippen LogP contribution in [0.25, 0.3) is 0 Å². The van der Waals surface area contributed by atoms with Crippen LogP contribution in [0.4, 0.5) is 0 Å². The van der Waals surface area contributed by atoms with E-state index in [2.05, 4.69) is 15.4 Å². The summed E-state index contributed by atoms with van der Waals surface area (Å²) in [6, 6.07) is 3.32. The summed E-state index contributed by atoms with van der Waals surface area (Å²) in [6.45, 7) is 2.65. The number of aryl methyl sites for hydroxylation is 1. The van der Waals surface area contributed by atoms with Crippen molar-refractivity contribution < 1.29 is 9.21 Å². The third-order valence-corrected chi connectivity index (χ3v) is 3.13. The first-order valence-electron chi connectivity index (χ1n) is 6.89. The van der Waals surface area contributed by atoms with Gasteiger partial charge < -0.3 is 14.6 Å². The highest BCUT2D eigenvalue weighted by atomic mass is 16.4. The molecule has 2 heterocycles. The monoisotopic (exact) mass is 291 g/mol.